The first-order valence-electron chi connectivity index (χ1n) is 5.18. The summed E-state index contributed by atoms with van der Waals surface area (Å²) in [5.74, 6) is 0. The van der Waals surface area contributed by atoms with Crippen LogP contribution in [0.3, 0.4) is 0 Å². The molecule has 0 bridgehead atoms. The molecule has 1 aromatic carbocycles. The summed E-state index contributed by atoms with van der Waals surface area (Å²) in [4.78, 5) is 0. The van der Waals surface area contributed by atoms with Crippen molar-refractivity contribution in [2.75, 3.05) is 0 Å². The minimum absolute atomic E-state index is 0.790. The van der Waals surface area contributed by atoms with Crippen LogP contribution in [0.25, 0.3) is 10.9 Å². The van der Waals surface area contributed by atoms with Crippen LogP contribution in [0.1, 0.15) is 25.1 Å². The predicted octanol–water partition coefficient (Wildman–Crippen LogP) is 2.71. The highest BCUT2D eigenvalue weighted by Crippen LogP contribution is 2.27. The summed E-state index contributed by atoms with van der Waals surface area (Å²) in [5, 5.41) is 11.2. The molecule has 1 N–H and O–H groups in total. The van der Waals surface area contributed by atoms with Gasteiger partial charge in [-0.2, -0.15) is 0 Å². The van der Waals surface area contributed by atoms with E-state index >= 15 is 0 Å². The van der Waals surface area contributed by atoms with Crippen molar-refractivity contribution in [3.8, 4) is 0 Å². The van der Waals surface area contributed by atoms with Crippen LogP contribution in [0.2, 0.25) is 0 Å². The normalized spacial score (nSPS) is 12.3. The molecule has 0 fully saturated rings. The van der Waals surface area contributed by atoms with Gasteiger partial charge in [-0.1, -0.05) is 12.1 Å². The van der Waals surface area contributed by atoms with E-state index < -0.39 is 5.60 Å². The lowest BCUT2D eigenvalue weighted by molar-refractivity contribution is 0.0712. The molecule has 2 rings (SSSR count). The fraction of sp³-hybridized carbons (Fsp3) is 0.385. The monoisotopic (exact) mass is 203 g/mol. The Hall–Kier alpha value is -1.28. The number of aliphatic hydroxyl groups is 1. The highest BCUT2D eigenvalue weighted by Gasteiger charge is 2.20. The van der Waals surface area contributed by atoms with Crippen LogP contribution in [0.4, 0.5) is 0 Å². The fourth-order valence-electron chi connectivity index (χ4n) is 2.03. The molecule has 1 heterocycles. The molecule has 0 atom stereocenters. The van der Waals surface area contributed by atoms with Gasteiger partial charge in [0.15, 0.2) is 0 Å². The predicted molar refractivity (Wildman–Crippen MR) is 62.9 cm³/mol. The van der Waals surface area contributed by atoms with Crippen LogP contribution in [-0.4, -0.2) is 9.67 Å². The number of fused-ring (bicyclic) bond motifs is 1. The van der Waals surface area contributed by atoms with Gasteiger partial charge in [0, 0.05) is 18.3 Å². The maximum atomic E-state index is 10.0. The van der Waals surface area contributed by atoms with Gasteiger partial charge >= 0.3 is 0 Å². The van der Waals surface area contributed by atoms with Crippen LogP contribution in [0, 0.1) is 6.92 Å². The van der Waals surface area contributed by atoms with Crippen molar-refractivity contribution < 1.29 is 5.11 Å². The van der Waals surface area contributed by atoms with Crippen molar-refractivity contribution in [1.29, 1.82) is 0 Å². The Morgan fingerprint density at radius 2 is 1.87 bits per heavy atom. The zero-order chi connectivity index (χ0) is 11.2. The van der Waals surface area contributed by atoms with Crippen LogP contribution >= 0.6 is 0 Å². The van der Waals surface area contributed by atoms with Gasteiger partial charge in [0.05, 0.1) is 5.60 Å². The Bertz CT molecular complexity index is 503. The SMILES string of the molecule is Cc1ccc2cc(C(C)(C)O)n(C)c2c1. The number of rotatable bonds is 1. The van der Waals surface area contributed by atoms with Crippen molar-refractivity contribution in [3.05, 3.63) is 35.5 Å². The Kier molecular flexibility index (Phi) is 2.12. The van der Waals surface area contributed by atoms with Gasteiger partial charge in [0.1, 0.15) is 0 Å². The zero-order valence-corrected chi connectivity index (χ0v) is 9.70. The summed E-state index contributed by atoms with van der Waals surface area (Å²) in [6.07, 6.45) is 0. The summed E-state index contributed by atoms with van der Waals surface area (Å²) in [7, 11) is 2.00. The molecule has 0 spiro atoms. The lowest BCUT2D eigenvalue weighted by Gasteiger charge is -2.18. The highest BCUT2D eigenvalue weighted by molar-refractivity contribution is 5.82. The van der Waals surface area contributed by atoms with Gasteiger partial charge < -0.3 is 9.67 Å². The first kappa shape index (κ1) is 10.2. The average Bonchev–Trinajstić information content (AvgIpc) is 2.43. The minimum Gasteiger partial charge on any atom is -0.384 e. The summed E-state index contributed by atoms with van der Waals surface area (Å²) < 4.78 is 2.06. The second-order valence-corrected chi connectivity index (χ2v) is 4.71. The Morgan fingerprint density at radius 3 is 2.47 bits per heavy atom. The van der Waals surface area contributed by atoms with E-state index in [-0.39, 0.29) is 0 Å². The standard InChI is InChI=1S/C13H17NO/c1-9-5-6-10-8-12(13(2,3)15)14(4)11(10)7-9/h5-8,15H,1-4H3. The van der Waals surface area contributed by atoms with E-state index in [1.807, 2.05) is 20.9 Å². The molecule has 0 aliphatic carbocycles. The molecule has 2 heteroatoms. The molecule has 0 unspecified atom stereocenters. The van der Waals surface area contributed by atoms with E-state index in [0.29, 0.717) is 0 Å². The van der Waals surface area contributed by atoms with Gasteiger partial charge in [-0.05, 0) is 43.9 Å². The maximum absolute atomic E-state index is 10.0. The number of aryl methyl sites for hydroxylation is 2. The fourth-order valence-corrected chi connectivity index (χ4v) is 2.03. The molecule has 0 aliphatic rings. The van der Waals surface area contributed by atoms with Crippen LogP contribution < -0.4 is 0 Å². The van der Waals surface area contributed by atoms with E-state index in [0.717, 1.165) is 5.69 Å². The van der Waals surface area contributed by atoms with E-state index in [1.165, 1.54) is 16.5 Å². The number of nitrogens with zero attached hydrogens (tertiary/aromatic N) is 1. The van der Waals surface area contributed by atoms with E-state index in [2.05, 4.69) is 35.8 Å². The Balaban J connectivity index is 2.76. The van der Waals surface area contributed by atoms with Crippen LogP contribution in [0.5, 0.6) is 0 Å². The third-order valence-electron chi connectivity index (χ3n) is 2.83. The second-order valence-electron chi connectivity index (χ2n) is 4.71. The largest absolute Gasteiger partial charge is 0.384 e. The number of aromatic nitrogens is 1. The molecule has 80 valence electrons. The van der Waals surface area contributed by atoms with Crippen molar-refractivity contribution in [3.63, 3.8) is 0 Å². The van der Waals surface area contributed by atoms with Crippen LogP contribution in [0.15, 0.2) is 24.3 Å². The van der Waals surface area contributed by atoms with Crippen LogP contribution in [-0.2, 0) is 12.6 Å². The molecular weight excluding hydrogens is 186 g/mol. The Labute approximate surface area is 90.2 Å². The third-order valence-corrected chi connectivity index (χ3v) is 2.83. The molecule has 0 saturated carbocycles. The smallest absolute Gasteiger partial charge is 0.0989 e. The van der Waals surface area contributed by atoms with Gasteiger partial charge in [-0.15, -0.1) is 0 Å². The van der Waals surface area contributed by atoms with E-state index in [9.17, 15) is 5.11 Å². The molecule has 15 heavy (non-hydrogen) atoms. The first-order valence-corrected chi connectivity index (χ1v) is 5.18. The third kappa shape index (κ3) is 1.65. The van der Waals surface area contributed by atoms with Crippen molar-refractivity contribution >= 4 is 10.9 Å². The van der Waals surface area contributed by atoms with Gasteiger partial charge in [0.2, 0.25) is 0 Å². The van der Waals surface area contributed by atoms with Gasteiger partial charge in [0.25, 0.3) is 0 Å². The molecule has 0 aliphatic heterocycles. The lowest BCUT2D eigenvalue weighted by atomic mass is 10.1. The summed E-state index contributed by atoms with van der Waals surface area (Å²) in [6.45, 7) is 5.71. The van der Waals surface area contributed by atoms with Gasteiger partial charge in [-0.3, -0.25) is 0 Å². The minimum atomic E-state index is -0.790. The van der Waals surface area contributed by atoms with Crippen molar-refractivity contribution in [2.45, 2.75) is 26.4 Å². The molecule has 2 aromatic rings. The number of benzene rings is 1. The van der Waals surface area contributed by atoms with E-state index in [1.54, 1.807) is 0 Å². The Morgan fingerprint density at radius 1 is 1.20 bits per heavy atom. The molecule has 1 aromatic heterocycles. The number of hydrogen-bond acceptors (Lipinski definition) is 1. The molecule has 0 saturated heterocycles. The topological polar surface area (TPSA) is 25.2 Å². The molecule has 0 radical (unpaired) electrons. The second kappa shape index (κ2) is 3.11. The summed E-state index contributed by atoms with van der Waals surface area (Å²) in [6, 6.07) is 8.38. The van der Waals surface area contributed by atoms with Crippen molar-refractivity contribution in [2.24, 2.45) is 7.05 Å². The lowest BCUT2D eigenvalue weighted by Crippen LogP contribution is -2.19. The van der Waals surface area contributed by atoms with E-state index in [4.69, 9.17) is 0 Å². The molecular formula is C13H17NO. The molecule has 0 amide bonds. The highest BCUT2D eigenvalue weighted by atomic mass is 16.3. The summed E-state index contributed by atoms with van der Waals surface area (Å²) >= 11 is 0. The molecule has 2 nitrogen and oxygen atoms in total. The zero-order valence-electron chi connectivity index (χ0n) is 9.70. The van der Waals surface area contributed by atoms with Gasteiger partial charge in [-0.25, -0.2) is 0 Å². The van der Waals surface area contributed by atoms with Crippen molar-refractivity contribution in [1.82, 2.24) is 4.57 Å². The number of hydrogen-bond donors (Lipinski definition) is 1. The summed E-state index contributed by atoms with van der Waals surface area (Å²) in [5.41, 5.74) is 2.57. The quantitative estimate of drug-likeness (QED) is 0.757. The average molecular weight is 203 g/mol. The first-order chi connectivity index (χ1) is 6.89. The maximum Gasteiger partial charge on any atom is 0.0989 e.